The molecule has 0 heterocycles. The Kier molecular flexibility index (Phi) is 7.86. The zero-order valence-corrected chi connectivity index (χ0v) is 11.3. The van der Waals surface area contributed by atoms with Gasteiger partial charge in [-0.2, -0.15) is 0 Å². The van der Waals surface area contributed by atoms with Gasteiger partial charge in [-0.1, -0.05) is 43.2 Å². The van der Waals surface area contributed by atoms with E-state index in [9.17, 15) is 9.90 Å². The van der Waals surface area contributed by atoms with Crippen LogP contribution in [0, 0.1) is 0 Å². The highest BCUT2D eigenvalue weighted by molar-refractivity contribution is 5.76. The number of hydrogen-bond donors (Lipinski definition) is 3. The van der Waals surface area contributed by atoms with Crippen LogP contribution < -0.4 is 11.1 Å². The molecule has 0 spiro atoms. The van der Waals surface area contributed by atoms with E-state index >= 15 is 0 Å². The van der Waals surface area contributed by atoms with Crippen LogP contribution in [-0.4, -0.2) is 24.1 Å². The van der Waals surface area contributed by atoms with Gasteiger partial charge in [0.05, 0.1) is 12.5 Å². The van der Waals surface area contributed by atoms with Crippen LogP contribution in [0.3, 0.4) is 0 Å². The number of nitrogens with one attached hydrogen (secondary N) is 1. The molecule has 19 heavy (non-hydrogen) atoms. The fraction of sp³-hybridized carbons (Fsp3) is 0.533. The van der Waals surface area contributed by atoms with Crippen molar-refractivity contribution in [2.75, 3.05) is 13.1 Å². The zero-order chi connectivity index (χ0) is 13.9. The van der Waals surface area contributed by atoms with Gasteiger partial charge in [0.15, 0.2) is 0 Å². The second-order valence-corrected chi connectivity index (χ2v) is 4.68. The fourth-order valence-corrected chi connectivity index (χ4v) is 1.89. The Morgan fingerprint density at radius 3 is 2.53 bits per heavy atom. The zero-order valence-electron chi connectivity index (χ0n) is 11.3. The molecule has 4 N–H and O–H groups in total. The van der Waals surface area contributed by atoms with Crippen LogP contribution in [0.1, 0.15) is 43.8 Å². The lowest BCUT2D eigenvalue weighted by Gasteiger charge is -2.11. The van der Waals surface area contributed by atoms with Crippen molar-refractivity contribution < 1.29 is 9.90 Å². The molecule has 1 aromatic rings. The summed E-state index contributed by atoms with van der Waals surface area (Å²) in [4.78, 5) is 11.6. The number of hydrogen-bond acceptors (Lipinski definition) is 3. The number of carbonyl (C=O) groups is 1. The van der Waals surface area contributed by atoms with Crippen molar-refractivity contribution in [3.05, 3.63) is 35.9 Å². The average Bonchev–Trinajstić information content (AvgIpc) is 2.43. The van der Waals surface area contributed by atoms with E-state index in [1.807, 2.05) is 30.3 Å². The fourth-order valence-electron chi connectivity index (χ4n) is 1.89. The molecule has 0 saturated carbocycles. The summed E-state index contributed by atoms with van der Waals surface area (Å²) in [6.07, 6.45) is 3.59. The highest BCUT2D eigenvalue weighted by atomic mass is 16.3. The van der Waals surface area contributed by atoms with Gasteiger partial charge in [-0.3, -0.25) is 4.79 Å². The van der Waals surface area contributed by atoms with E-state index < -0.39 is 6.10 Å². The maximum atomic E-state index is 11.6. The summed E-state index contributed by atoms with van der Waals surface area (Å²) < 4.78 is 0. The maximum absolute atomic E-state index is 11.6. The predicted octanol–water partition coefficient (Wildman–Crippen LogP) is 1.75. The highest BCUT2D eigenvalue weighted by Crippen LogP contribution is 2.15. The average molecular weight is 264 g/mol. The summed E-state index contributed by atoms with van der Waals surface area (Å²) in [6.45, 7) is 1.40. The molecule has 0 fully saturated rings. The minimum absolute atomic E-state index is 0.102. The molecule has 1 rings (SSSR count). The molecule has 4 nitrogen and oxygen atoms in total. The third-order valence-electron chi connectivity index (χ3n) is 3.02. The quantitative estimate of drug-likeness (QED) is 0.595. The first-order valence-corrected chi connectivity index (χ1v) is 6.94. The molecular formula is C15H24N2O2. The standard InChI is InChI=1S/C15H24N2O2/c16-10-6-1-2-7-11-17-15(19)12-14(18)13-8-4-3-5-9-13/h3-5,8-9,14,18H,1-2,6-7,10-12,16H2,(H,17,19). The van der Waals surface area contributed by atoms with Gasteiger partial charge < -0.3 is 16.2 Å². The Morgan fingerprint density at radius 2 is 1.84 bits per heavy atom. The Bertz CT molecular complexity index is 354. The topological polar surface area (TPSA) is 75.3 Å². The third kappa shape index (κ3) is 6.94. The van der Waals surface area contributed by atoms with Crippen molar-refractivity contribution in [1.82, 2.24) is 5.32 Å². The number of amides is 1. The molecule has 1 amide bonds. The highest BCUT2D eigenvalue weighted by Gasteiger charge is 2.11. The van der Waals surface area contributed by atoms with E-state index in [0.29, 0.717) is 6.54 Å². The molecule has 106 valence electrons. The van der Waals surface area contributed by atoms with E-state index in [1.165, 1.54) is 0 Å². The largest absolute Gasteiger partial charge is 0.388 e. The molecule has 0 bridgehead atoms. The molecule has 0 radical (unpaired) electrons. The second-order valence-electron chi connectivity index (χ2n) is 4.68. The molecule has 0 saturated heterocycles. The normalized spacial score (nSPS) is 12.1. The Labute approximate surface area is 115 Å². The number of unbranched alkanes of at least 4 members (excludes halogenated alkanes) is 3. The van der Waals surface area contributed by atoms with Crippen LogP contribution in [0.15, 0.2) is 30.3 Å². The van der Waals surface area contributed by atoms with Gasteiger partial charge in [0.1, 0.15) is 0 Å². The van der Waals surface area contributed by atoms with E-state index in [0.717, 1.165) is 37.8 Å². The van der Waals surface area contributed by atoms with Gasteiger partial charge in [-0.15, -0.1) is 0 Å². The third-order valence-corrected chi connectivity index (χ3v) is 3.02. The van der Waals surface area contributed by atoms with E-state index in [-0.39, 0.29) is 12.3 Å². The SMILES string of the molecule is NCCCCCCNC(=O)CC(O)c1ccccc1. The molecule has 1 aromatic carbocycles. The first kappa shape index (κ1) is 15.7. The number of aliphatic hydroxyl groups is 1. The van der Waals surface area contributed by atoms with Gasteiger partial charge in [-0.05, 0) is 24.9 Å². The lowest BCUT2D eigenvalue weighted by atomic mass is 10.1. The van der Waals surface area contributed by atoms with Gasteiger partial charge in [0.2, 0.25) is 5.91 Å². The number of carbonyl (C=O) groups excluding carboxylic acids is 1. The van der Waals surface area contributed by atoms with Crippen LogP contribution in [0.2, 0.25) is 0 Å². The predicted molar refractivity (Wildman–Crippen MR) is 76.6 cm³/mol. The minimum Gasteiger partial charge on any atom is -0.388 e. The van der Waals surface area contributed by atoms with Crippen molar-refractivity contribution in [2.24, 2.45) is 5.73 Å². The van der Waals surface area contributed by atoms with Crippen LogP contribution in [0.4, 0.5) is 0 Å². The smallest absolute Gasteiger partial charge is 0.222 e. The Morgan fingerprint density at radius 1 is 1.16 bits per heavy atom. The van der Waals surface area contributed by atoms with Crippen molar-refractivity contribution in [3.63, 3.8) is 0 Å². The molecule has 0 aliphatic carbocycles. The minimum atomic E-state index is -0.724. The number of aliphatic hydroxyl groups excluding tert-OH is 1. The van der Waals surface area contributed by atoms with Crippen molar-refractivity contribution in [2.45, 2.75) is 38.2 Å². The molecule has 1 unspecified atom stereocenters. The summed E-state index contributed by atoms with van der Waals surface area (Å²) >= 11 is 0. The van der Waals surface area contributed by atoms with Crippen molar-refractivity contribution in [3.8, 4) is 0 Å². The van der Waals surface area contributed by atoms with Gasteiger partial charge in [0, 0.05) is 6.54 Å². The number of nitrogens with two attached hydrogens (primary N) is 1. The monoisotopic (exact) mass is 264 g/mol. The molecule has 0 aromatic heterocycles. The first-order chi connectivity index (χ1) is 9.24. The number of rotatable bonds is 9. The second kappa shape index (κ2) is 9.53. The van der Waals surface area contributed by atoms with Gasteiger partial charge in [-0.25, -0.2) is 0 Å². The molecular weight excluding hydrogens is 240 g/mol. The summed E-state index contributed by atoms with van der Waals surface area (Å²) in [5.74, 6) is -0.102. The maximum Gasteiger partial charge on any atom is 0.222 e. The summed E-state index contributed by atoms with van der Waals surface area (Å²) in [5, 5.41) is 12.7. The Hall–Kier alpha value is -1.39. The molecule has 0 aliphatic heterocycles. The summed E-state index contributed by atoms with van der Waals surface area (Å²) in [6, 6.07) is 9.25. The number of benzene rings is 1. The van der Waals surface area contributed by atoms with Crippen LogP contribution in [0.5, 0.6) is 0 Å². The molecule has 4 heteroatoms. The van der Waals surface area contributed by atoms with Gasteiger partial charge in [0.25, 0.3) is 0 Å². The summed E-state index contributed by atoms with van der Waals surface area (Å²) in [5.41, 5.74) is 6.18. The van der Waals surface area contributed by atoms with E-state index in [4.69, 9.17) is 5.73 Å². The van der Waals surface area contributed by atoms with Crippen molar-refractivity contribution in [1.29, 1.82) is 0 Å². The van der Waals surface area contributed by atoms with Crippen LogP contribution in [-0.2, 0) is 4.79 Å². The van der Waals surface area contributed by atoms with E-state index in [2.05, 4.69) is 5.32 Å². The van der Waals surface area contributed by atoms with Gasteiger partial charge >= 0.3 is 0 Å². The van der Waals surface area contributed by atoms with Crippen LogP contribution >= 0.6 is 0 Å². The lowest BCUT2D eigenvalue weighted by molar-refractivity contribution is -0.123. The van der Waals surface area contributed by atoms with Crippen LogP contribution in [0.25, 0.3) is 0 Å². The molecule has 0 aliphatic rings. The van der Waals surface area contributed by atoms with Crippen molar-refractivity contribution >= 4 is 5.91 Å². The van der Waals surface area contributed by atoms with E-state index in [1.54, 1.807) is 0 Å². The Balaban J connectivity index is 2.14. The first-order valence-electron chi connectivity index (χ1n) is 6.94. The summed E-state index contributed by atoms with van der Waals surface area (Å²) in [7, 11) is 0. The lowest BCUT2D eigenvalue weighted by Crippen LogP contribution is -2.26. The molecule has 1 atom stereocenters.